The smallest absolute Gasteiger partial charge is 0.335 e. The van der Waals surface area contributed by atoms with Crippen molar-refractivity contribution in [3.63, 3.8) is 0 Å². The molecule has 1 aromatic heterocycles. The van der Waals surface area contributed by atoms with Crippen LogP contribution in [0.1, 0.15) is 26.2 Å². The van der Waals surface area contributed by atoms with Gasteiger partial charge in [0.15, 0.2) is 0 Å². The van der Waals surface area contributed by atoms with E-state index >= 15 is 0 Å². The molecule has 0 saturated carbocycles. The SMILES string of the molecule is CCOC(=O)C1=CCCCC1S(=O)(=O)Nn1cccc1Br. The molecule has 0 fully saturated rings. The van der Waals surface area contributed by atoms with Gasteiger partial charge >= 0.3 is 5.97 Å². The molecule has 1 heterocycles. The topological polar surface area (TPSA) is 77.4 Å². The van der Waals surface area contributed by atoms with Crippen molar-refractivity contribution in [2.75, 3.05) is 11.4 Å². The van der Waals surface area contributed by atoms with Gasteiger partial charge in [0.2, 0.25) is 0 Å². The molecule has 8 heteroatoms. The largest absolute Gasteiger partial charge is 0.463 e. The molecule has 0 aromatic carbocycles. The molecule has 1 unspecified atom stereocenters. The van der Waals surface area contributed by atoms with Crippen molar-refractivity contribution in [1.82, 2.24) is 4.68 Å². The number of allylic oxidation sites excluding steroid dienone is 1. The van der Waals surface area contributed by atoms with Crippen LogP contribution in [0, 0.1) is 0 Å². The Morgan fingerprint density at radius 2 is 2.33 bits per heavy atom. The van der Waals surface area contributed by atoms with Crippen LogP contribution >= 0.6 is 15.9 Å². The lowest BCUT2D eigenvalue weighted by Crippen LogP contribution is -2.37. The Hall–Kier alpha value is -1.28. The summed E-state index contributed by atoms with van der Waals surface area (Å²) in [7, 11) is -3.73. The summed E-state index contributed by atoms with van der Waals surface area (Å²) in [6, 6.07) is 3.42. The third-order valence-corrected chi connectivity index (χ3v) is 5.53. The number of hydrogen-bond acceptors (Lipinski definition) is 4. The van der Waals surface area contributed by atoms with Crippen LogP contribution in [0.4, 0.5) is 0 Å². The first-order chi connectivity index (χ1) is 9.95. The zero-order valence-corrected chi connectivity index (χ0v) is 14.0. The summed E-state index contributed by atoms with van der Waals surface area (Å²) in [5.74, 6) is -0.556. The first kappa shape index (κ1) is 16.1. The molecule has 2 rings (SSSR count). The Balaban J connectivity index is 2.25. The molecule has 1 aliphatic carbocycles. The molecule has 6 nitrogen and oxygen atoms in total. The van der Waals surface area contributed by atoms with Crippen LogP contribution < -0.4 is 4.83 Å². The van der Waals surface area contributed by atoms with E-state index in [-0.39, 0.29) is 12.2 Å². The third-order valence-electron chi connectivity index (χ3n) is 3.19. The van der Waals surface area contributed by atoms with Gasteiger partial charge in [-0.15, -0.1) is 0 Å². The minimum Gasteiger partial charge on any atom is -0.463 e. The summed E-state index contributed by atoms with van der Waals surface area (Å²) in [6.07, 6.45) is 5.06. The van der Waals surface area contributed by atoms with E-state index in [1.165, 1.54) is 4.68 Å². The molecule has 0 saturated heterocycles. The molecule has 1 aromatic rings. The highest BCUT2D eigenvalue weighted by molar-refractivity contribution is 9.10. The highest BCUT2D eigenvalue weighted by Crippen LogP contribution is 2.26. The highest BCUT2D eigenvalue weighted by atomic mass is 79.9. The number of halogens is 1. The Morgan fingerprint density at radius 3 is 2.95 bits per heavy atom. The summed E-state index contributed by atoms with van der Waals surface area (Å²) in [5, 5.41) is -0.889. The summed E-state index contributed by atoms with van der Waals surface area (Å²) in [4.78, 5) is 14.4. The number of carbonyl (C=O) groups is 1. The second-order valence-electron chi connectivity index (χ2n) is 4.64. The van der Waals surface area contributed by atoms with Crippen molar-refractivity contribution in [1.29, 1.82) is 0 Å². The molecule has 116 valence electrons. The van der Waals surface area contributed by atoms with Crippen LogP contribution in [-0.2, 0) is 19.6 Å². The Kier molecular flexibility index (Phi) is 5.10. The average molecular weight is 377 g/mol. The summed E-state index contributed by atoms with van der Waals surface area (Å²) in [5.41, 5.74) is 0.221. The van der Waals surface area contributed by atoms with Crippen LogP contribution in [-0.4, -0.2) is 30.9 Å². The van der Waals surface area contributed by atoms with Gasteiger partial charge < -0.3 is 4.74 Å². The van der Waals surface area contributed by atoms with Gasteiger partial charge in [-0.05, 0) is 54.2 Å². The maximum Gasteiger partial charge on any atom is 0.335 e. The zero-order chi connectivity index (χ0) is 15.5. The van der Waals surface area contributed by atoms with E-state index in [4.69, 9.17) is 4.74 Å². The minimum atomic E-state index is -3.73. The number of sulfonamides is 1. The summed E-state index contributed by atoms with van der Waals surface area (Å²) >= 11 is 3.24. The zero-order valence-electron chi connectivity index (χ0n) is 11.6. The van der Waals surface area contributed by atoms with Crippen molar-refractivity contribution in [2.24, 2.45) is 0 Å². The van der Waals surface area contributed by atoms with E-state index in [1.54, 1.807) is 31.3 Å². The van der Waals surface area contributed by atoms with E-state index < -0.39 is 21.2 Å². The van der Waals surface area contributed by atoms with Gasteiger partial charge in [-0.1, -0.05) is 6.08 Å². The van der Waals surface area contributed by atoms with Gasteiger partial charge in [-0.3, -0.25) is 0 Å². The number of nitrogens with one attached hydrogen (secondary N) is 1. The van der Waals surface area contributed by atoms with Crippen molar-refractivity contribution in [2.45, 2.75) is 31.4 Å². The van der Waals surface area contributed by atoms with Gasteiger partial charge in [0, 0.05) is 6.20 Å². The van der Waals surface area contributed by atoms with E-state index in [2.05, 4.69) is 20.8 Å². The van der Waals surface area contributed by atoms with E-state index in [1.807, 2.05) is 0 Å². The maximum atomic E-state index is 12.5. The third kappa shape index (κ3) is 3.68. The second kappa shape index (κ2) is 6.65. The van der Waals surface area contributed by atoms with Crippen LogP contribution in [0.3, 0.4) is 0 Å². The fourth-order valence-corrected chi connectivity index (χ4v) is 4.28. The Labute approximate surface area is 132 Å². The van der Waals surface area contributed by atoms with E-state index in [0.717, 1.165) is 6.42 Å². The highest BCUT2D eigenvalue weighted by Gasteiger charge is 2.35. The monoisotopic (exact) mass is 376 g/mol. The van der Waals surface area contributed by atoms with Gasteiger partial charge in [0.05, 0.1) is 12.2 Å². The number of ether oxygens (including phenoxy) is 1. The van der Waals surface area contributed by atoms with Gasteiger partial charge in [-0.2, -0.15) is 0 Å². The van der Waals surface area contributed by atoms with Gasteiger partial charge in [-0.25, -0.2) is 22.7 Å². The average Bonchev–Trinajstić information content (AvgIpc) is 2.84. The quantitative estimate of drug-likeness (QED) is 0.798. The van der Waals surface area contributed by atoms with Crippen molar-refractivity contribution < 1.29 is 17.9 Å². The van der Waals surface area contributed by atoms with Crippen LogP contribution in [0.25, 0.3) is 0 Å². The number of hydrogen-bond donors (Lipinski definition) is 1. The number of esters is 1. The summed E-state index contributed by atoms with van der Waals surface area (Å²) < 4.78 is 31.9. The molecule has 1 N–H and O–H groups in total. The first-order valence-electron chi connectivity index (χ1n) is 6.67. The number of aromatic nitrogens is 1. The fourth-order valence-electron chi connectivity index (χ4n) is 2.23. The molecule has 0 bridgehead atoms. The summed E-state index contributed by atoms with van der Waals surface area (Å²) in [6.45, 7) is 1.92. The molecule has 0 spiro atoms. The fraction of sp³-hybridized carbons (Fsp3) is 0.462. The van der Waals surface area contributed by atoms with Gasteiger partial charge in [0.1, 0.15) is 9.85 Å². The predicted octanol–water partition coefficient (Wildman–Crippen LogP) is 2.17. The van der Waals surface area contributed by atoms with Crippen LogP contribution in [0.2, 0.25) is 0 Å². The first-order valence-corrected chi connectivity index (χ1v) is 9.01. The molecule has 21 heavy (non-hydrogen) atoms. The molecule has 1 atom stereocenters. The second-order valence-corrected chi connectivity index (χ2v) is 7.29. The minimum absolute atomic E-state index is 0.221. The Morgan fingerprint density at radius 1 is 1.57 bits per heavy atom. The van der Waals surface area contributed by atoms with Crippen LogP contribution in [0.15, 0.2) is 34.6 Å². The van der Waals surface area contributed by atoms with Gasteiger partial charge in [0.25, 0.3) is 10.0 Å². The molecule has 0 radical (unpaired) electrons. The standard InChI is InChI=1S/C13H17BrN2O4S/c1-2-20-13(17)10-6-3-4-7-11(10)21(18,19)15-16-9-5-8-12(16)14/h5-6,8-9,11,15H,2-4,7H2,1H3. The molecular weight excluding hydrogens is 360 g/mol. The Bertz CT molecular complexity index is 651. The van der Waals surface area contributed by atoms with Crippen molar-refractivity contribution >= 4 is 31.9 Å². The van der Waals surface area contributed by atoms with Crippen LogP contribution in [0.5, 0.6) is 0 Å². The predicted molar refractivity (Wildman–Crippen MR) is 82.8 cm³/mol. The van der Waals surface area contributed by atoms with E-state index in [9.17, 15) is 13.2 Å². The lowest BCUT2D eigenvalue weighted by atomic mass is 9.99. The number of carbonyl (C=O) groups excluding carboxylic acids is 1. The lowest BCUT2D eigenvalue weighted by Gasteiger charge is -2.24. The number of nitrogens with zero attached hydrogens (tertiary/aromatic N) is 1. The number of rotatable bonds is 5. The lowest BCUT2D eigenvalue weighted by molar-refractivity contribution is -0.138. The normalized spacial score (nSPS) is 19.0. The maximum absolute atomic E-state index is 12.5. The molecular formula is C13H17BrN2O4S. The molecule has 1 aliphatic rings. The molecule has 0 aliphatic heterocycles. The van der Waals surface area contributed by atoms with Crippen molar-refractivity contribution in [3.8, 4) is 0 Å². The van der Waals surface area contributed by atoms with E-state index in [0.29, 0.717) is 17.4 Å². The van der Waals surface area contributed by atoms with Crippen molar-refractivity contribution in [3.05, 3.63) is 34.6 Å². The molecule has 0 amide bonds.